The highest BCUT2D eigenvalue weighted by Crippen LogP contribution is 2.22. The summed E-state index contributed by atoms with van der Waals surface area (Å²) in [6.45, 7) is 5.33. The van der Waals surface area contributed by atoms with Gasteiger partial charge in [-0.3, -0.25) is 5.32 Å². The standard InChI is InChI=1S/C11H15NO3/c1-11(2,3)15-10(14)12-8-6-4-5-7-9(8)13/h4-7,13H,1-3H3,(H,12,14)/i4+1,5+1,6+1,7+1,8+1,9+1. The zero-order valence-corrected chi connectivity index (χ0v) is 9.07. The van der Waals surface area contributed by atoms with Gasteiger partial charge in [-0.2, -0.15) is 0 Å². The molecular weight excluding hydrogens is 200 g/mol. The van der Waals surface area contributed by atoms with Gasteiger partial charge in [-0.1, -0.05) is 12.1 Å². The van der Waals surface area contributed by atoms with E-state index in [0.717, 1.165) is 0 Å². The van der Waals surface area contributed by atoms with Crippen LogP contribution in [0.5, 0.6) is 5.75 Å². The summed E-state index contributed by atoms with van der Waals surface area (Å²) in [6, 6.07) is 6.48. The van der Waals surface area contributed by atoms with Crippen LogP contribution in [0.3, 0.4) is 0 Å². The van der Waals surface area contributed by atoms with Gasteiger partial charge in [-0.25, -0.2) is 4.79 Å². The van der Waals surface area contributed by atoms with Gasteiger partial charge in [0, 0.05) is 0 Å². The lowest BCUT2D eigenvalue weighted by Crippen LogP contribution is -2.27. The Hall–Kier alpha value is -1.71. The second kappa shape index (κ2) is 4.21. The maximum absolute atomic E-state index is 11.3. The molecule has 0 aliphatic carbocycles. The first-order valence-corrected chi connectivity index (χ1v) is 4.66. The van der Waals surface area contributed by atoms with Crippen molar-refractivity contribution in [2.45, 2.75) is 26.4 Å². The maximum atomic E-state index is 11.3. The Morgan fingerprint density at radius 1 is 1.33 bits per heavy atom. The average molecular weight is 215 g/mol. The van der Waals surface area contributed by atoms with E-state index >= 15 is 0 Å². The molecule has 0 saturated heterocycles. The number of phenols is 1. The number of para-hydroxylation sites is 2. The normalized spacial score (nSPS) is 10.9. The van der Waals surface area contributed by atoms with E-state index in [9.17, 15) is 9.90 Å². The van der Waals surface area contributed by atoms with Crippen molar-refractivity contribution in [2.75, 3.05) is 5.32 Å². The van der Waals surface area contributed by atoms with Gasteiger partial charge >= 0.3 is 6.09 Å². The minimum absolute atomic E-state index is 0.0170. The van der Waals surface area contributed by atoms with E-state index in [0.29, 0.717) is 5.69 Å². The fourth-order valence-electron chi connectivity index (χ4n) is 0.993. The van der Waals surface area contributed by atoms with Crippen molar-refractivity contribution in [3.63, 3.8) is 0 Å². The quantitative estimate of drug-likeness (QED) is 0.708. The molecule has 0 fully saturated rings. The summed E-state index contributed by atoms with van der Waals surface area (Å²) >= 11 is 0. The molecule has 0 aromatic heterocycles. The molecule has 0 aliphatic rings. The van der Waals surface area contributed by atoms with Crippen LogP contribution in [0.15, 0.2) is 24.3 Å². The number of amides is 1. The Morgan fingerprint density at radius 2 is 1.93 bits per heavy atom. The van der Waals surface area contributed by atoms with Crippen molar-refractivity contribution in [2.24, 2.45) is 0 Å². The summed E-state index contributed by atoms with van der Waals surface area (Å²) in [5, 5.41) is 11.8. The van der Waals surface area contributed by atoms with Gasteiger partial charge in [-0.05, 0) is 32.9 Å². The number of carbonyl (C=O) groups is 1. The number of nitrogens with one attached hydrogen (secondary N) is 1. The lowest BCUT2D eigenvalue weighted by atomic mass is 10.2. The fraction of sp³-hybridized carbons (Fsp3) is 0.364. The minimum atomic E-state index is -0.580. The molecule has 0 aliphatic heterocycles. The highest BCUT2D eigenvalue weighted by molar-refractivity contribution is 5.86. The van der Waals surface area contributed by atoms with Crippen molar-refractivity contribution in [3.05, 3.63) is 24.3 Å². The molecule has 1 aromatic rings. The molecular formula is C11H15NO3. The molecule has 0 unspecified atom stereocenters. The topological polar surface area (TPSA) is 58.6 Å². The molecule has 0 spiro atoms. The second-order valence-electron chi connectivity index (χ2n) is 4.14. The number of rotatable bonds is 1. The van der Waals surface area contributed by atoms with Gasteiger partial charge in [0.05, 0.1) is 5.69 Å². The largest absolute Gasteiger partial charge is 0.506 e. The van der Waals surface area contributed by atoms with Gasteiger partial charge < -0.3 is 9.84 Å². The number of benzene rings is 1. The Labute approximate surface area is 88.9 Å². The van der Waals surface area contributed by atoms with Crippen LogP contribution in [0.1, 0.15) is 20.8 Å². The SMILES string of the molecule is CC(C)(C)OC(=O)N[13c]1[13cH][13cH][13cH][13cH][13c]1O. The van der Waals surface area contributed by atoms with Gasteiger partial charge in [0.25, 0.3) is 0 Å². The lowest BCUT2D eigenvalue weighted by Gasteiger charge is -2.19. The Kier molecular flexibility index (Phi) is 3.19. The highest BCUT2D eigenvalue weighted by atomic mass is 16.6. The van der Waals surface area contributed by atoms with Crippen LogP contribution in [0.25, 0.3) is 0 Å². The molecule has 4 nitrogen and oxygen atoms in total. The number of carbonyl (C=O) groups excluding carboxylic acids is 1. The van der Waals surface area contributed by atoms with E-state index in [4.69, 9.17) is 4.74 Å². The van der Waals surface area contributed by atoms with E-state index in [1.807, 2.05) is 0 Å². The van der Waals surface area contributed by atoms with Gasteiger partial charge in [0.15, 0.2) is 0 Å². The minimum Gasteiger partial charge on any atom is -0.506 e. The molecule has 0 bridgehead atoms. The van der Waals surface area contributed by atoms with Crippen molar-refractivity contribution < 1.29 is 14.6 Å². The molecule has 82 valence electrons. The molecule has 0 radical (unpaired) electrons. The molecule has 4 heteroatoms. The molecule has 0 atom stereocenters. The van der Waals surface area contributed by atoms with Crippen molar-refractivity contribution >= 4 is 11.8 Å². The number of hydrogen-bond donors (Lipinski definition) is 2. The third-order valence-electron chi connectivity index (χ3n) is 1.54. The molecule has 0 saturated carbocycles. The summed E-state index contributed by atoms with van der Waals surface area (Å²) in [6.07, 6.45) is -0.580. The Balaban J connectivity index is 2.64. The van der Waals surface area contributed by atoms with E-state index in [1.165, 1.54) is 6.07 Å². The number of phenolic OH excluding ortho intramolecular Hbond substituents is 1. The van der Waals surface area contributed by atoms with E-state index in [2.05, 4.69) is 5.32 Å². The van der Waals surface area contributed by atoms with Crippen molar-refractivity contribution in [3.8, 4) is 5.75 Å². The number of aromatic hydroxyl groups is 1. The van der Waals surface area contributed by atoms with Crippen LogP contribution < -0.4 is 5.32 Å². The lowest BCUT2D eigenvalue weighted by molar-refractivity contribution is 0.0635. The zero-order chi connectivity index (χ0) is 11.5. The summed E-state index contributed by atoms with van der Waals surface area (Å²) in [5.41, 5.74) is -0.208. The Morgan fingerprint density at radius 3 is 2.47 bits per heavy atom. The number of anilines is 1. The van der Waals surface area contributed by atoms with Crippen LogP contribution >= 0.6 is 0 Å². The molecule has 2 N–H and O–H groups in total. The van der Waals surface area contributed by atoms with Crippen LogP contribution in [0.4, 0.5) is 10.5 Å². The highest BCUT2D eigenvalue weighted by Gasteiger charge is 2.16. The van der Waals surface area contributed by atoms with Crippen LogP contribution in [-0.2, 0) is 4.74 Å². The van der Waals surface area contributed by atoms with Crippen LogP contribution in [0, 0.1) is 0 Å². The van der Waals surface area contributed by atoms with Crippen molar-refractivity contribution in [1.29, 1.82) is 0 Å². The first-order valence-electron chi connectivity index (χ1n) is 4.66. The molecule has 1 amide bonds. The third-order valence-corrected chi connectivity index (χ3v) is 1.54. The van der Waals surface area contributed by atoms with Gasteiger partial charge in [0.1, 0.15) is 11.4 Å². The summed E-state index contributed by atoms with van der Waals surface area (Å²) in [4.78, 5) is 11.3. The van der Waals surface area contributed by atoms with Crippen LogP contribution in [-0.4, -0.2) is 16.8 Å². The summed E-state index contributed by atoms with van der Waals surface area (Å²) < 4.78 is 5.04. The average Bonchev–Trinajstić information content (AvgIpc) is 2.05. The van der Waals surface area contributed by atoms with Crippen molar-refractivity contribution in [1.82, 2.24) is 0 Å². The summed E-state index contributed by atoms with van der Waals surface area (Å²) in [7, 11) is 0. The van der Waals surface area contributed by atoms with Gasteiger partial charge in [-0.15, -0.1) is 0 Å². The predicted molar refractivity (Wildman–Crippen MR) is 58.0 cm³/mol. The second-order valence-corrected chi connectivity index (χ2v) is 4.14. The monoisotopic (exact) mass is 215 g/mol. The van der Waals surface area contributed by atoms with E-state index < -0.39 is 11.7 Å². The zero-order valence-electron chi connectivity index (χ0n) is 9.07. The van der Waals surface area contributed by atoms with Crippen LogP contribution in [0.2, 0.25) is 0 Å². The first kappa shape index (κ1) is 11.4. The van der Waals surface area contributed by atoms with Gasteiger partial charge in [0.2, 0.25) is 0 Å². The third kappa shape index (κ3) is 3.89. The fourth-order valence-corrected chi connectivity index (χ4v) is 0.993. The summed E-state index contributed by atoms with van der Waals surface area (Å²) in [5.74, 6) is 0.0170. The predicted octanol–water partition coefficient (Wildman–Crippen LogP) is 2.74. The molecule has 1 aromatic carbocycles. The van der Waals surface area contributed by atoms with E-state index in [1.54, 1.807) is 39.0 Å². The number of ether oxygens (including phenoxy) is 1. The molecule has 0 heterocycles. The smallest absolute Gasteiger partial charge is 0.412 e. The Bertz CT molecular complexity index is 355. The molecule has 1 rings (SSSR count). The molecule has 15 heavy (non-hydrogen) atoms. The maximum Gasteiger partial charge on any atom is 0.412 e. The van der Waals surface area contributed by atoms with E-state index in [-0.39, 0.29) is 5.75 Å². The first-order chi connectivity index (χ1) is 6.88. The number of hydrogen-bond acceptors (Lipinski definition) is 3.